The Morgan fingerprint density at radius 2 is 1.67 bits per heavy atom. The Morgan fingerprint density at radius 3 is 2.19 bits per heavy atom. The second-order valence-corrected chi connectivity index (χ2v) is 4.99. The first-order valence-corrected chi connectivity index (χ1v) is 7.93. The highest BCUT2D eigenvalue weighted by Gasteiger charge is 2.14. The standard InChI is InChI=1S/C17H28FNO2/c1-4-7-8-16(14-9-11-15(18)12-10-14)19-13-17(20-5-2)21-6-3/h9-12,16-17,19H,4-8,13H2,1-3H3. The van der Waals surface area contributed by atoms with E-state index in [4.69, 9.17) is 9.47 Å². The molecule has 1 rings (SSSR count). The van der Waals surface area contributed by atoms with Gasteiger partial charge in [0.15, 0.2) is 6.29 Å². The van der Waals surface area contributed by atoms with Crippen LogP contribution in [-0.4, -0.2) is 26.0 Å². The van der Waals surface area contributed by atoms with E-state index in [1.54, 1.807) is 0 Å². The summed E-state index contributed by atoms with van der Waals surface area (Å²) in [5.74, 6) is -0.200. The van der Waals surface area contributed by atoms with Crippen LogP contribution in [0.4, 0.5) is 4.39 Å². The lowest BCUT2D eigenvalue weighted by molar-refractivity contribution is -0.133. The smallest absolute Gasteiger partial charge is 0.169 e. The largest absolute Gasteiger partial charge is 0.352 e. The van der Waals surface area contributed by atoms with Crippen LogP contribution < -0.4 is 5.32 Å². The van der Waals surface area contributed by atoms with Crippen molar-refractivity contribution in [1.29, 1.82) is 0 Å². The van der Waals surface area contributed by atoms with Crippen molar-refractivity contribution in [2.75, 3.05) is 19.8 Å². The van der Waals surface area contributed by atoms with E-state index in [9.17, 15) is 4.39 Å². The van der Waals surface area contributed by atoms with Crippen molar-refractivity contribution in [2.45, 2.75) is 52.4 Å². The maximum atomic E-state index is 13.1. The molecule has 1 aromatic carbocycles. The van der Waals surface area contributed by atoms with Crippen LogP contribution in [0.3, 0.4) is 0 Å². The molecule has 0 aliphatic rings. The van der Waals surface area contributed by atoms with E-state index >= 15 is 0 Å². The summed E-state index contributed by atoms with van der Waals surface area (Å²) in [4.78, 5) is 0. The minimum Gasteiger partial charge on any atom is -0.352 e. The predicted octanol–water partition coefficient (Wildman–Crippen LogP) is 4.05. The molecule has 0 heterocycles. The fourth-order valence-corrected chi connectivity index (χ4v) is 2.27. The fraction of sp³-hybridized carbons (Fsp3) is 0.647. The molecule has 0 aliphatic carbocycles. The van der Waals surface area contributed by atoms with Crippen molar-refractivity contribution in [3.63, 3.8) is 0 Å². The second-order valence-electron chi connectivity index (χ2n) is 4.99. The van der Waals surface area contributed by atoms with Crippen molar-refractivity contribution in [3.8, 4) is 0 Å². The number of halogens is 1. The van der Waals surface area contributed by atoms with Crippen molar-refractivity contribution >= 4 is 0 Å². The molecule has 0 bridgehead atoms. The Labute approximate surface area is 127 Å². The first-order valence-electron chi connectivity index (χ1n) is 7.93. The van der Waals surface area contributed by atoms with Gasteiger partial charge in [0.2, 0.25) is 0 Å². The van der Waals surface area contributed by atoms with E-state index in [1.807, 2.05) is 26.0 Å². The lowest BCUT2D eigenvalue weighted by Crippen LogP contribution is -2.34. The molecule has 0 amide bonds. The molecule has 0 spiro atoms. The van der Waals surface area contributed by atoms with Crippen molar-refractivity contribution in [3.05, 3.63) is 35.6 Å². The van der Waals surface area contributed by atoms with Crippen LogP contribution in [0.1, 0.15) is 51.6 Å². The van der Waals surface area contributed by atoms with Crippen molar-refractivity contribution < 1.29 is 13.9 Å². The van der Waals surface area contributed by atoms with Gasteiger partial charge in [-0.1, -0.05) is 31.9 Å². The Balaban J connectivity index is 2.62. The number of rotatable bonds is 11. The number of ether oxygens (including phenoxy) is 2. The average molecular weight is 297 g/mol. The molecule has 1 atom stereocenters. The van der Waals surface area contributed by atoms with Gasteiger partial charge < -0.3 is 14.8 Å². The van der Waals surface area contributed by atoms with Gasteiger partial charge in [-0.15, -0.1) is 0 Å². The first kappa shape index (κ1) is 18.1. The van der Waals surface area contributed by atoms with Gasteiger partial charge in [0, 0.05) is 25.8 Å². The topological polar surface area (TPSA) is 30.5 Å². The summed E-state index contributed by atoms with van der Waals surface area (Å²) in [7, 11) is 0. The molecule has 1 N–H and O–H groups in total. The minimum atomic E-state index is -0.232. The summed E-state index contributed by atoms with van der Waals surface area (Å²) in [6.45, 7) is 7.98. The summed E-state index contributed by atoms with van der Waals surface area (Å²) in [5.41, 5.74) is 1.11. The molecule has 0 radical (unpaired) electrons. The summed E-state index contributed by atoms with van der Waals surface area (Å²) in [5, 5.41) is 3.49. The highest BCUT2D eigenvalue weighted by molar-refractivity contribution is 5.19. The van der Waals surface area contributed by atoms with Crippen LogP contribution in [0.2, 0.25) is 0 Å². The molecule has 21 heavy (non-hydrogen) atoms. The number of nitrogens with one attached hydrogen (secondary N) is 1. The quantitative estimate of drug-likeness (QED) is 0.625. The van der Waals surface area contributed by atoms with Crippen LogP contribution in [0.25, 0.3) is 0 Å². The number of hydrogen-bond donors (Lipinski definition) is 1. The maximum absolute atomic E-state index is 13.1. The molecular formula is C17H28FNO2. The summed E-state index contributed by atoms with van der Waals surface area (Å²) in [6.07, 6.45) is 3.06. The van der Waals surface area contributed by atoms with Crippen molar-refractivity contribution in [2.24, 2.45) is 0 Å². The average Bonchev–Trinajstić information content (AvgIpc) is 2.49. The third kappa shape index (κ3) is 7.02. The molecule has 1 aromatic rings. The molecular weight excluding hydrogens is 269 g/mol. The summed E-state index contributed by atoms with van der Waals surface area (Å²) in [6, 6.07) is 6.92. The van der Waals surface area contributed by atoms with Gasteiger partial charge >= 0.3 is 0 Å². The lowest BCUT2D eigenvalue weighted by Gasteiger charge is -2.23. The third-order valence-corrected chi connectivity index (χ3v) is 3.35. The molecule has 0 fully saturated rings. The Morgan fingerprint density at radius 1 is 1.05 bits per heavy atom. The van der Waals surface area contributed by atoms with Gasteiger partial charge in [0.25, 0.3) is 0 Å². The van der Waals surface area contributed by atoms with Crippen LogP contribution in [0.5, 0.6) is 0 Å². The van der Waals surface area contributed by atoms with Crippen LogP contribution in [0, 0.1) is 5.82 Å². The minimum absolute atomic E-state index is 0.200. The van der Waals surface area contributed by atoms with E-state index in [0.717, 1.165) is 24.8 Å². The normalized spacial score (nSPS) is 12.8. The van der Waals surface area contributed by atoms with E-state index in [1.165, 1.54) is 12.1 Å². The zero-order valence-corrected chi connectivity index (χ0v) is 13.4. The molecule has 0 aromatic heterocycles. The van der Waals surface area contributed by atoms with Crippen molar-refractivity contribution in [1.82, 2.24) is 5.32 Å². The molecule has 3 nitrogen and oxygen atoms in total. The zero-order valence-electron chi connectivity index (χ0n) is 13.4. The van der Waals surface area contributed by atoms with E-state index < -0.39 is 0 Å². The van der Waals surface area contributed by atoms with E-state index in [0.29, 0.717) is 19.8 Å². The predicted molar refractivity (Wildman–Crippen MR) is 83.7 cm³/mol. The summed E-state index contributed by atoms with van der Waals surface area (Å²) >= 11 is 0. The fourth-order valence-electron chi connectivity index (χ4n) is 2.27. The lowest BCUT2D eigenvalue weighted by atomic mass is 10.0. The van der Waals surface area contributed by atoms with Crippen LogP contribution in [-0.2, 0) is 9.47 Å². The Bertz CT molecular complexity index is 364. The van der Waals surface area contributed by atoms with Gasteiger partial charge in [0.05, 0.1) is 0 Å². The third-order valence-electron chi connectivity index (χ3n) is 3.35. The second kappa shape index (κ2) is 10.7. The van der Waals surface area contributed by atoms with Crippen LogP contribution >= 0.6 is 0 Å². The Kier molecular flexibility index (Phi) is 9.22. The summed E-state index contributed by atoms with van der Waals surface area (Å²) < 4.78 is 24.2. The highest BCUT2D eigenvalue weighted by atomic mass is 19.1. The first-order chi connectivity index (χ1) is 10.2. The zero-order chi connectivity index (χ0) is 15.5. The molecule has 120 valence electrons. The van der Waals surface area contributed by atoms with E-state index in [2.05, 4.69) is 12.2 Å². The van der Waals surface area contributed by atoms with Gasteiger partial charge in [-0.3, -0.25) is 0 Å². The van der Waals surface area contributed by atoms with E-state index in [-0.39, 0.29) is 18.1 Å². The number of benzene rings is 1. The van der Waals surface area contributed by atoms with Gasteiger partial charge in [-0.25, -0.2) is 4.39 Å². The molecule has 4 heteroatoms. The monoisotopic (exact) mass is 297 g/mol. The molecule has 0 saturated heterocycles. The van der Waals surface area contributed by atoms with Gasteiger partial charge in [-0.2, -0.15) is 0 Å². The Hall–Kier alpha value is -0.970. The SMILES string of the molecule is CCCCC(NCC(OCC)OCC)c1ccc(F)cc1. The van der Waals surface area contributed by atoms with Crippen LogP contribution in [0.15, 0.2) is 24.3 Å². The highest BCUT2D eigenvalue weighted by Crippen LogP contribution is 2.20. The van der Waals surface area contributed by atoms with Gasteiger partial charge in [-0.05, 0) is 38.0 Å². The number of hydrogen-bond acceptors (Lipinski definition) is 3. The number of unbranched alkanes of at least 4 members (excludes halogenated alkanes) is 1. The molecule has 0 aliphatic heterocycles. The van der Waals surface area contributed by atoms with Gasteiger partial charge in [0.1, 0.15) is 5.82 Å². The maximum Gasteiger partial charge on any atom is 0.169 e. The molecule has 1 unspecified atom stereocenters. The molecule has 0 saturated carbocycles.